The first kappa shape index (κ1) is 51.9. The minimum absolute atomic E-state index is 0.164. The van der Waals surface area contributed by atoms with Gasteiger partial charge in [0.25, 0.3) is 0 Å². The van der Waals surface area contributed by atoms with Crippen LogP contribution in [0.2, 0.25) is 0 Å². The highest BCUT2D eigenvalue weighted by molar-refractivity contribution is 8.76. The van der Waals surface area contributed by atoms with Crippen LogP contribution >= 0.6 is 21.6 Å². The minimum atomic E-state index is -0.507. The van der Waals surface area contributed by atoms with E-state index in [1.165, 1.54) is 128 Å². The molecule has 314 valence electrons. The van der Waals surface area contributed by atoms with Crippen LogP contribution in [0.15, 0.2) is 0 Å². The van der Waals surface area contributed by atoms with Gasteiger partial charge in [-0.15, -0.1) is 0 Å². The van der Waals surface area contributed by atoms with Gasteiger partial charge in [-0.2, -0.15) is 0 Å². The number of hydrogen-bond acceptors (Lipinski definition) is 9. The van der Waals surface area contributed by atoms with Gasteiger partial charge in [-0.1, -0.05) is 177 Å². The molecule has 0 aliphatic rings. The second-order valence-electron chi connectivity index (χ2n) is 15.6. The van der Waals surface area contributed by atoms with Gasteiger partial charge >= 0.3 is 18.0 Å². The Labute approximate surface area is 335 Å². The predicted molar refractivity (Wildman–Crippen MR) is 229 cm³/mol. The van der Waals surface area contributed by atoms with E-state index in [1.54, 1.807) is 21.6 Å². The number of nitrogens with one attached hydrogen (secondary N) is 1. The lowest BCUT2D eigenvalue weighted by molar-refractivity contribution is -0.144. The van der Waals surface area contributed by atoms with Crippen molar-refractivity contribution in [3.05, 3.63) is 0 Å². The molecule has 0 aromatic heterocycles. The SMILES string of the molecule is CCCCCCCCCCCCCCOC(=O)CCN(CCSSCCNC(=O)OC(C)(C)C)CCC(=O)OCCCCCCCCCCCCCC. The molecule has 0 aromatic carbocycles. The van der Waals surface area contributed by atoms with Crippen LogP contribution in [-0.2, 0) is 23.8 Å². The minimum Gasteiger partial charge on any atom is -0.466 e. The Balaban J connectivity index is 4.25. The summed E-state index contributed by atoms with van der Waals surface area (Å²) in [7, 11) is 3.42. The second-order valence-corrected chi connectivity index (χ2v) is 18.3. The van der Waals surface area contributed by atoms with Gasteiger partial charge in [0.1, 0.15) is 5.60 Å². The van der Waals surface area contributed by atoms with Crippen molar-refractivity contribution in [2.24, 2.45) is 0 Å². The average molecular weight is 789 g/mol. The van der Waals surface area contributed by atoms with Gasteiger partial charge in [0, 0.05) is 37.7 Å². The summed E-state index contributed by atoms with van der Waals surface area (Å²) >= 11 is 0. The molecule has 1 N–H and O–H groups in total. The van der Waals surface area contributed by atoms with E-state index < -0.39 is 11.7 Å². The molecule has 0 heterocycles. The lowest BCUT2D eigenvalue weighted by atomic mass is 10.1. The fourth-order valence-electron chi connectivity index (χ4n) is 6.03. The lowest BCUT2D eigenvalue weighted by Crippen LogP contribution is -2.33. The van der Waals surface area contributed by atoms with Crippen molar-refractivity contribution in [1.29, 1.82) is 0 Å². The highest BCUT2D eigenvalue weighted by Gasteiger charge is 2.16. The third-order valence-electron chi connectivity index (χ3n) is 9.21. The van der Waals surface area contributed by atoms with E-state index in [0.717, 1.165) is 43.7 Å². The third kappa shape index (κ3) is 41.9. The second kappa shape index (κ2) is 39.1. The van der Waals surface area contributed by atoms with Gasteiger partial charge in [-0.3, -0.25) is 9.59 Å². The van der Waals surface area contributed by atoms with Crippen LogP contribution < -0.4 is 5.32 Å². The fraction of sp³-hybridized carbons (Fsp3) is 0.930. The number of esters is 2. The zero-order valence-corrected chi connectivity index (χ0v) is 36.9. The Kier molecular flexibility index (Phi) is 38.3. The number of ether oxygens (including phenoxy) is 3. The summed E-state index contributed by atoms with van der Waals surface area (Å²) in [4.78, 5) is 39.1. The first-order chi connectivity index (χ1) is 25.7. The number of unbranched alkanes of at least 4 members (excludes halogenated alkanes) is 22. The predicted octanol–water partition coefficient (Wildman–Crippen LogP) is 12.5. The van der Waals surface area contributed by atoms with E-state index in [2.05, 4.69) is 24.1 Å². The van der Waals surface area contributed by atoms with Crippen molar-refractivity contribution in [3.8, 4) is 0 Å². The standard InChI is InChI=1S/C43H84N2O6S2/c1-6-8-10-12-14-16-18-20-22-24-26-28-36-49-40(46)30-33-45(35-39-53-52-38-32-44-42(48)51-43(3,4)5)34-31-41(47)50-37-29-27-25-23-21-19-17-15-13-11-9-7-2/h6-39H2,1-5H3,(H,44,48). The maximum atomic E-state index is 12.5. The van der Waals surface area contributed by atoms with E-state index in [1.807, 2.05) is 20.8 Å². The molecule has 53 heavy (non-hydrogen) atoms. The van der Waals surface area contributed by atoms with Gasteiger partial charge in [-0.05, 0) is 33.6 Å². The number of nitrogens with zero attached hydrogens (tertiary/aromatic N) is 1. The summed E-state index contributed by atoms with van der Waals surface area (Å²) in [5.41, 5.74) is -0.507. The first-order valence-corrected chi connectivity index (χ1v) is 24.4. The van der Waals surface area contributed by atoms with Crippen LogP contribution in [0, 0.1) is 0 Å². The largest absolute Gasteiger partial charge is 0.466 e. The number of rotatable bonds is 39. The van der Waals surface area contributed by atoms with E-state index >= 15 is 0 Å². The van der Waals surface area contributed by atoms with Gasteiger partial charge in [0.05, 0.1) is 26.1 Å². The topological polar surface area (TPSA) is 94.2 Å². The fourth-order valence-corrected chi connectivity index (χ4v) is 7.96. The van der Waals surface area contributed by atoms with Crippen LogP contribution in [0.3, 0.4) is 0 Å². The summed E-state index contributed by atoms with van der Waals surface area (Å²) in [6.07, 6.45) is 31.0. The van der Waals surface area contributed by atoms with Gasteiger partial charge in [0.15, 0.2) is 0 Å². The Morgan fingerprint density at radius 2 is 0.868 bits per heavy atom. The maximum Gasteiger partial charge on any atom is 0.407 e. The molecular formula is C43H84N2O6S2. The highest BCUT2D eigenvalue weighted by atomic mass is 33.1. The molecule has 0 bridgehead atoms. The molecule has 0 aliphatic heterocycles. The Morgan fingerprint density at radius 1 is 0.509 bits per heavy atom. The smallest absolute Gasteiger partial charge is 0.407 e. The summed E-state index contributed by atoms with van der Waals surface area (Å²) < 4.78 is 16.4. The number of carbonyl (C=O) groups excluding carboxylic acids is 3. The molecule has 0 spiro atoms. The molecule has 0 saturated carbocycles. The number of amides is 1. The van der Waals surface area contributed by atoms with Crippen molar-refractivity contribution in [2.75, 3.05) is 50.9 Å². The van der Waals surface area contributed by atoms with Crippen molar-refractivity contribution in [2.45, 2.75) is 207 Å². The molecule has 1 amide bonds. The molecule has 0 atom stereocenters. The molecule has 0 radical (unpaired) electrons. The molecule has 0 saturated heterocycles. The maximum absolute atomic E-state index is 12.5. The van der Waals surface area contributed by atoms with E-state index in [4.69, 9.17) is 14.2 Å². The Morgan fingerprint density at radius 3 is 1.25 bits per heavy atom. The van der Waals surface area contributed by atoms with E-state index in [-0.39, 0.29) is 11.9 Å². The van der Waals surface area contributed by atoms with E-state index in [0.29, 0.717) is 45.7 Å². The summed E-state index contributed by atoms with van der Waals surface area (Å²) in [6.45, 7) is 13.5. The van der Waals surface area contributed by atoms with Crippen molar-refractivity contribution in [3.63, 3.8) is 0 Å². The van der Waals surface area contributed by atoms with Gasteiger partial charge in [-0.25, -0.2) is 4.79 Å². The van der Waals surface area contributed by atoms with Crippen LogP contribution in [0.4, 0.5) is 4.79 Å². The average Bonchev–Trinajstić information content (AvgIpc) is 3.11. The van der Waals surface area contributed by atoms with E-state index in [9.17, 15) is 14.4 Å². The molecule has 0 unspecified atom stereocenters. The Bertz CT molecular complexity index is 796. The number of hydrogen-bond donors (Lipinski definition) is 1. The molecule has 10 heteroatoms. The molecule has 0 rings (SSSR count). The van der Waals surface area contributed by atoms with Crippen LogP contribution in [0.5, 0.6) is 0 Å². The van der Waals surface area contributed by atoms with Crippen LogP contribution in [0.25, 0.3) is 0 Å². The normalized spacial score (nSPS) is 11.6. The van der Waals surface area contributed by atoms with Gasteiger partial charge < -0.3 is 24.4 Å². The van der Waals surface area contributed by atoms with Gasteiger partial charge in [0.2, 0.25) is 0 Å². The zero-order valence-electron chi connectivity index (χ0n) is 35.3. The number of alkyl carbamates (subject to hydrolysis) is 1. The molecule has 0 aliphatic carbocycles. The third-order valence-corrected chi connectivity index (χ3v) is 11.6. The van der Waals surface area contributed by atoms with Crippen molar-refractivity contribution >= 4 is 39.6 Å². The summed E-state index contributed by atoms with van der Waals surface area (Å²) in [6, 6.07) is 0. The monoisotopic (exact) mass is 789 g/mol. The van der Waals surface area contributed by atoms with Crippen LogP contribution in [-0.4, -0.2) is 79.4 Å². The number of carbonyl (C=O) groups is 3. The summed E-state index contributed by atoms with van der Waals surface area (Å²) in [5.74, 6) is 1.28. The quantitative estimate of drug-likeness (QED) is 0.0283. The lowest BCUT2D eigenvalue weighted by Gasteiger charge is -2.21. The van der Waals surface area contributed by atoms with Crippen molar-refractivity contribution < 1.29 is 28.6 Å². The first-order valence-electron chi connectivity index (χ1n) is 21.9. The zero-order chi connectivity index (χ0) is 39.1. The molecule has 0 fully saturated rings. The van der Waals surface area contributed by atoms with Crippen LogP contribution in [0.1, 0.15) is 202 Å². The summed E-state index contributed by atoms with van der Waals surface area (Å²) in [5, 5.41) is 2.79. The molecule has 0 aromatic rings. The van der Waals surface area contributed by atoms with Crippen molar-refractivity contribution in [1.82, 2.24) is 10.2 Å². The molecule has 8 nitrogen and oxygen atoms in total. The molecular weight excluding hydrogens is 705 g/mol. The highest BCUT2D eigenvalue weighted by Crippen LogP contribution is 2.21. The Hall–Kier alpha value is -1.13.